The fourth-order valence-electron chi connectivity index (χ4n) is 2.44. The van der Waals surface area contributed by atoms with E-state index in [0.29, 0.717) is 11.0 Å². The maximum Gasteiger partial charge on any atom is 0.339 e. The molecule has 0 saturated heterocycles. The number of hydrogen-bond acceptors (Lipinski definition) is 3. The number of aromatic nitrogens is 1. The molecule has 0 amide bonds. The van der Waals surface area contributed by atoms with Gasteiger partial charge in [-0.2, -0.15) is 0 Å². The van der Waals surface area contributed by atoms with Gasteiger partial charge in [-0.3, -0.25) is 0 Å². The van der Waals surface area contributed by atoms with Gasteiger partial charge >= 0.3 is 5.97 Å². The number of rotatable bonds is 5. The summed E-state index contributed by atoms with van der Waals surface area (Å²) in [5.41, 5.74) is 0.172. The molecule has 0 spiro atoms. The number of hydrogen-bond donors (Lipinski definition) is 2. The van der Waals surface area contributed by atoms with Gasteiger partial charge in [0.2, 0.25) is 0 Å². The normalized spacial score (nSPS) is 15.8. The molecule has 1 aliphatic rings. The lowest BCUT2D eigenvalue weighted by molar-refractivity contribution is 0.0697. The Morgan fingerprint density at radius 1 is 1.44 bits per heavy atom. The van der Waals surface area contributed by atoms with Crippen LogP contribution in [0.1, 0.15) is 42.5 Å². The summed E-state index contributed by atoms with van der Waals surface area (Å²) in [6, 6.07) is 2.97. The summed E-state index contributed by atoms with van der Waals surface area (Å²) in [4.78, 5) is 15.1. The van der Waals surface area contributed by atoms with Crippen molar-refractivity contribution in [1.82, 2.24) is 4.98 Å². The van der Waals surface area contributed by atoms with Crippen LogP contribution in [0.2, 0.25) is 5.15 Å². The van der Waals surface area contributed by atoms with E-state index >= 15 is 0 Å². The van der Waals surface area contributed by atoms with Gasteiger partial charge in [0.1, 0.15) is 16.5 Å². The van der Waals surface area contributed by atoms with Crippen molar-refractivity contribution in [3.8, 4) is 0 Å². The predicted octanol–water partition coefficient (Wildman–Crippen LogP) is 3.43. The molecule has 1 fully saturated rings. The summed E-state index contributed by atoms with van der Waals surface area (Å²) >= 11 is 5.78. The number of pyridine rings is 1. The molecule has 98 valence electrons. The highest BCUT2D eigenvalue weighted by atomic mass is 35.5. The Morgan fingerprint density at radius 2 is 2.17 bits per heavy atom. The number of anilines is 1. The third kappa shape index (κ3) is 3.35. The van der Waals surface area contributed by atoms with Gasteiger partial charge in [-0.25, -0.2) is 9.78 Å². The molecule has 18 heavy (non-hydrogen) atoms. The van der Waals surface area contributed by atoms with E-state index in [1.54, 1.807) is 0 Å². The highest BCUT2D eigenvalue weighted by molar-refractivity contribution is 6.29. The lowest BCUT2D eigenvalue weighted by atomic mass is 10.0. The highest BCUT2D eigenvalue weighted by Gasteiger charge is 2.16. The van der Waals surface area contributed by atoms with Crippen molar-refractivity contribution in [2.45, 2.75) is 32.1 Å². The lowest BCUT2D eigenvalue weighted by Gasteiger charge is -2.12. The first-order chi connectivity index (χ1) is 8.66. The summed E-state index contributed by atoms with van der Waals surface area (Å²) < 4.78 is 0. The van der Waals surface area contributed by atoms with Gasteiger partial charge in [0.25, 0.3) is 0 Å². The fraction of sp³-hybridized carbons (Fsp3) is 0.538. The molecule has 0 atom stereocenters. The van der Waals surface area contributed by atoms with Gasteiger partial charge in [0, 0.05) is 6.54 Å². The van der Waals surface area contributed by atoms with Crippen molar-refractivity contribution < 1.29 is 9.90 Å². The second-order valence-corrected chi connectivity index (χ2v) is 5.09. The van der Waals surface area contributed by atoms with E-state index < -0.39 is 5.97 Å². The molecule has 1 saturated carbocycles. The van der Waals surface area contributed by atoms with E-state index in [-0.39, 0.29) is 5.56 Å². The third-order valence-electron chi connectivity index (χ3n) is 3.41. The Kier molecular flexibility index (Phi) is 4.42. The summed E-state index contributed by atoms with van der Waals surface area (Å²) in [6.07, 6.45) is 6.28. The van der Waals surface area contributed by atoms with Crippen LogP contribution in [0, 0.1) is 5.92 Å². The van der Waals surface area contributed by atoms with Crippen LogP contribution in [0.25, 0.3) is 0 Å². The Balaban J connectivity index is 1.94. The van der Waals surface area contributed by atoms with Crippen molar-refractivity contribution in [3.63, 3.8) is 0 Å². The van der Waals surface area contributed by atoms with Gasteiger partial charge in [-0.15, -0.1) is 0 Å². The molecule has 0 aliphatic heterocycles. The number of carboxylic acids is 1. The van der Waals surface area contributed by atoms with Crippen molar-refractivity contribution in [1.29, 1.82) is 0 Å². The van der Waals surface area contributed by atoms with Gasteiger partial charge in [-0.05, 0) is 24.5 Å². The smallest absolute Gasteiger partial charge is 0.339 e. The number of aromatic carboxylic acids is 1. The zero-order valence-corrected chi connectivity index (χ0v) is 10.9. The average molecular weight is 269 g/mol. The number of nitrogens with zero attached hydrogens (tertiary/aromatic N) is 1. The number of nitrogens with one attached hydrogen (secondary N) is 1. The number of carbonyl (C=O) groups is 1. The fourth-order valence-corrected chi connectivity index (χ4v) is 2.58. The lowest BCUT2D eigenvalue weighted by Crippen LogP contribution is -2.11. The van der Waals surface area contributed by atoms with Gasteiger partial charge in [0.05, 0.1) is 0 Å². The molecule has 1 aromatic rings. The van der Waals surface area contributed by atoms with E-state index in [2.05, 4.69) is 10.3 Å². The maximum atomic E-state index is 11.0. The molecule has 0 unspecified atom stereocenters. The topological polar surface area (TPSA) is 62.2 Å². The molecule has 0 radical (unpaired) electrons. The first-order valence-corrected chi connectivity index (χ1v) is 6.68. The first-order valence-electron chi connectivity index (χ1n) is 6.30. The Morgan fingerprint density at radius 3 is 2.83 bits per heavy atom. The van der Waals surface area contributed by atoms with E-state index in [0.717, 1.165) is 18.9 Å². The van der Waals surface area contributed by atoms with Gasteiger partial charge < -0.3 is 10.4 Å². The van der Waals surface area contributed by atoms with Crippen molar-refractivity contribution in [2.75, 3.05) is 11.9 Å². The second kappa shape index (κ2) is 6.05. The molecule has 0 aromatic carbocycles. The quantitative estimate of drug-likeness (QED) is 0.803. The van der Waals surface area contributed by atoms with E-state index in [1.165, 1.54) is 37.8 Å². The number of carboxylic acid groups (broad SMARTS) is 1. The molecule has 0 bridgehead atoms. The van der Waals surface area contributed by atoms with Crippen LogP contribution in [-0.2, 0) is 0 Å². The van der Waals surface area contributed by atoms with Crippen LogP contribution >= 0.6 is 11.6 Å². The van der Waals surface area contributed by atoms with Crippen LogP contribution in [0.5, 0.6) is 0 Å². The molecule has 5 heteroatoms. The Bertz CT molecular complexity index is 431. The summed E-state index contributed by atoms with van der Waals surface area (Å²) in [6.45, 7) is 0.748. The first kappa shape index (κ1) is 13.1. The highest BCUT2D eigenvalue weighted by Crippen LogP contribution is 2.27. The Hall–Kier alpha value is -1.29. The van der Waals surface area contributed by atoms with E-state index in [4.69, 9.17) is 16.7 Å². The molecule has 2 N–H and O–H groups in total. The molecule has 4 nitrogen and oxygen atoms in total. The molecule has 1 heterocycles. The van der Waals surface area contributed by atoms with Crippen molar-refractivity contribution in [3.05, 3.63) is 22.8 Å². The standard InChI is InChI=1S/C13H17ClN2O2/c14-11-6-5-10(13(17)18)12(16-11)15-8-7-9-3-1-2-4-9/h5-6,9H,1-4,7-8H2,(H,15,16)(H,17,18). The van der Waals surface area contributed by atoms with E-state index in [9.17, 15) is 4.79 Å². The van der Waals surface area contributed by atoms with Gasteiger partial charge in [-0.1, -0.05) is 37.3 Å². The van der Waals surface area contributed by atoms with Crippen LogP contribution in [-0.4, -0.2) is 22.6 Å². The monoisotopic (exact) mass is 268 g/mol. The molecule has 1 aromatic heterocycles. The summed E-state index contributed by atoms with van der Waals surface area (Å²) in [5.74, 6) is 0.153. The van der Waals surface area contributed by atoms with Crippen LogP contribution < -0.4 is 5.32 Å². The van der Waals surface area contributed by atoms with Crippen LogP contribution in [0.4, 0.5) is 5.82 Å². The van der Waals surface area contributed by atoms with Crippen molar-refractivity contribution >= 4 is 23.4 Å². The predicted molar refractivity (Wildman–Crippen MR) is 71.3 cm³/mol. The maximum absolute atomic E-state index is 11.0. The zero-order chi connectivity index (χ0) is 13.0. The Labute approximate surface area is 111 Å². The minimum Gasteiger partial charge on any atom is -0.478 e. The largest absolute Gasteiger partial charge is 0.478 e. The van der Waals surface area contributed by atoms with Crippen LogP contribution in [0.3, 0.4) is 0 Å². The van der Waals surface area contributed by atoms with Crippen molar-refractivity contribution in [2.24, 2.45) is 5.92 Å². The summed E-state index contributed by atoms with van der Waals surface area (Å²) in [7, 11) is 0. The molecular formula is C13H17ClN2O2. The molecule has 2 rings (SSSR count). The molecular weight excluding hydrogens is 252 g/mol. The summed E-state index contributed by atoms with van der Waals surface area (Å²) in [5, 5.41) is 12.4. The molecule has 1 aliphatic carbocycles. The second-order valence-electron chi connectivity index (χ2n) is 4.70. The number of halogens is 1. The van der Waals surface area contributed by atoms with Gasteiger partial charge in [0.15, 0.2) is 0 Å². The van der Waals surface area contributed by atoms with E-state index in [1.807, 2.05) is 0 Å². The minimum atomic E-state index is -0.984. The zero-order valence-electron chi connectivity index (χ0n) is 10.2. The van der Waals surface area contributed by atoms with Crippen LogP contribution in [0.15, 0.2) is 12.1 Å². The third-order valence-corrected chi connectivity index (χ3v) is 3.62. The SMILES string of the molecule is O=C(O)c1ccc(Cl)nc1NCCC1CCCC1. The minimum absolute atomic E-state index is 0.172. The average Bonchev–Trinajstić information content (AvgIpc) is 2.82.